The van der Waals surface area contributed by atoms with Crippen LogP contribution in [0.4, 0.5) is 5.69 Å². The van der Waals surface area contributed by atoms with Gasteiger partial charge in [-0.1, -0.05) is 12.1 Å². The van der Waals surface area contributed by atoms with Gasteiger partial charge in [-0.15, -0.1) is 0 Å². The Bertz CT molecular complexity index is 651. The van der Waals surface area contributed by atoms with Crippen LogP contribution < -0.4 is 11.1 Å². The number of hydrogen-bond acceptors (Lipinski definition) is 3. The van der Waals surface area contributed by atoms with Gasteiger partial charge in [0.05, 0.1) is 6.04 Å². The van der Waals surface area contributed by atoms with Crippen LogP contribution in [0.2, 0.25) is 5.22 Å². The molecule has 0 saturated heterocycles. The molecule has 5 heteroatoms. The Hall–Kier alpha value is -1.78. The van der Waals surface area contributed by atoms with Gasteiger partial charge in [-0.3, -0.25) is 4.79 Å². The summed E-state index contributed by atoms with van der Waals surface area (Å²) >= 11 is 5.78. The van der Waals surface area contributed by atoms with Crippen LogP contribution in [0.25, 0.3) is 0 Å². The number of furan rings is 1. The number of anilines is 1. The van der Waals surface area contributed by atoms with Crippen molar-refractivity contribution in [2.75, 3.05) is 5.32 Å². The lowest BCUT2D eigenvalue weighted by Gasteiger charge is -2.13. The van der Waals surface area contributed by atoms with Crippen LogP contribution in [0.3, 0.4) is 0 Å². The van der Waals surface area contributed by atoms with E-state index in [1.54, 1.807) is 12.1 Å². The molecule has 1 aromatic carbocycles. The number of fused-ring (bicyclic) bond motifs is 1. The van der Waals surface area contributed by atoms with E-state index in [9.17, 15) is 4.79 Å². The molecule has 104 valence electrons. The Balaban J connectivity index is 1.92. The number of benzene rings is 1. The largest absolute Gasteiger partial charge is 0.448 e. The molecule has 0 bridgehead atoms. The normalized spacial score (nSPS) is 16.2. The molecule has 0 fully saturated rings. The summed E-state index contributed by atoms with van der Waals surface area (Å²) in [6.07, 6.45) is 2.28. The van der Waals surface area contributed by atoms with Gasteiger partial charge in [0.2, 0.25) is 5.91 Å². The fraction of sp³-hybridized carbons (Fsp3) is 0.267. The highest BCUT2D eigenvalue weighted by molar-refractivity contribution is 6.28. The zero-order valence-corrected chi connectivity index (χ0v) is 11.6. The Morgan fingerprint density at radius 2 is 2.10 bits per heavy atom. The molecule has 1 aromatic heterocycles. The van der Waals surface area contributed by atoms with Gasteiger partial charge in [-0.25, -0.2) is 0 Å². The molecular weight excluding hydrogens is 276 g/mol. The van der Waals surface area contributed by atoms with Crippen LogP contribution >= 0.6 is 11.6 Å². The summed E-state index contributed by atoms with van der Waals surface area (Å²) in [4.78, 5) is 11.5. The van der Waals surface area contributed by atoms with E-state index in [0.717, 1.165) is 29.7 Å². The van der Waals surface area contributed by atoms with Gasteiger partial charge < -0.3 is 15.5 Å². The minimum absolute atomic E-state index is 0.0682. The second kappa shape index (κ2) is 5.31. The maximum absolute atomic E-state index is 11.5. The van der Waals surface area contributed by atoms with E-state index in [1.165, 1.54) is 0 Å². The van der Waals surface area contributed by atoms with Gasteiger partial charge in [-0.2, -0.15) is 0 Å². The third kappa shape index (κ3) is 2.57. The molecule has 1 amide bonds. The van der Waals surface area contributed by atoms with Gasteiger partial charge >= 0.3 is 0 Å². The Kier molecular flexibility index (Phi) is 3.51. The number of halogens is 1. The number of carbonyl (C=O) groups is 1. The van der Waals surface area contributed by atoms with Crippen LogP contribution in [0.5, 0.6) is 0 Å². The first kappa shape index (κ1) is 13.2. The molecule has 0 aliphatic carbocycles. The van der Waals surface area contributed by atoms with Gasteiger partial charge in [0.1, 0.15) is 5.76 Å². The summed E-state index contributed by atoms with van der Waals surface area (Å²) in [5, 5.41) is 3.24. The first-order chi connectivity index (χ1) is 9.63. The standard InChI is InChI=1S/C15H15ClN2O2/c16-13-7-6-12(20-13)15(17)10-4-5-11-9(8-10)2-1-3-14(19)18-11/h4-8,15H,1-3,17H2,(H,18,19). The van der Waals surface area contributed by atoms with Crippen LogP contribution in [-0.2, 0) is 11.2 Å². The predicted molar refractivity (Wildman–Crippen MR) is 77.8 cm³/mol. The average Bonchev–Trinajstić information content (AvgIpc) is 2.77. The first-order valence-corrected chi connectivity index (χ1v) is 6.95. The number of hydrogen-bond donors (Lipinski definition) is 2. The third-order valence-corrected chi connectivity index (χ3v) is 3.72. The smallest absolute Gasteiger partial charge is 0.224 e. The molecule has 20 heavy (non-hydrogen) atoms. The van der Waals surface area contributed by atoms with Crippen molar-refractivity contribution >= 4 is 23.2 Å². The summed E-state index contributed by atoms with van der Waals surface area (Å²) < 4.78 is 5.36. The highest BCUT2D eigenvalue weighted by Crippen LogP contribution is 2.29. The SMILES string of the molecule is NC(c1ccc2c(c1)CCCC(=O)N2)c1ccc(Cl)o1. The van der Waals surface area contributed by atoms with E-state index >= 15 is 0 Å². The average molecular weight is 291 g/mol. The number of nitrogens with two attached hydrogens (primary N) is 1. The van der Waals surface area contributed by atoms with Crippen molar-refractivity contribution < 1.29 is 9.21 Å². The molecule has 2 heterocycles. The van der Waals surface area contributed by atoms with Gasteiger partial charge in [0.25, 0.3) is 0 Å². The minimum atomic E-state index is -0.355. The summed E-state index contributed by atoms with van der Waals surface area (Å²) in [6.45, 7) is 0. The number of rotatable bonds is 2. The fourth-order valence-corrected chi connectivity index (χ4v) is 2.60. The first-order valence-electron chi connectivity index (χ1n) is 6.57. The monoisotopic (exact) mass is 290 g/mol. The van der Waals surface area contributed by atoms with Crippen molar-refractivity contribution in [3.05, 3.63) is 52.4 Å². The Labute approximate surface area is 121 Å². The molecule has 0 spiro atoms. The van der Waals surface area contributed by atoms with Crippen molar-refractivity contribution in [3.8, 4) is 0 Å². The third-order valence-electron chi connectivity index (χ3n) is 3.51. The Morgan fingerprint density at radius 1 is 1.25 bits per heavy atom. The van der Waals surface area contributed by atoms with E-state index in [4.69, 9.17) is 21.8 Å². The van der Waals surface area contributed by atoms with Gasteiger partial charge in [0, 0.05) is 12.1 Å². The van der Waals surface area contributed by atoms with E-state index in [0.29, 0.717) is 17.4 Å². The number of amides is 1. The highest BCUT2D eigenvalue weighted by atomic mass is 35.5. The molecule has 3 N–H and O–H groups in total. The maximum atomic E-state index is 11.5. The van der Waals surface area contributed by atoms with Crippen molar-refractivity contribution in [1.82, 2.24) is 0 Å². The number of nitrogens with one attached hydrogen (secondary N) is 1. The number of carbonyl (C=O) groups excluding carboxylic acids is 1. The van der Waals surface area contributed by atoms with E-state index in [1.807, 2.05) is 18.2 Å². The van der Waals surface area contributed by atoms with E-state index in [2.05, 4.69) is 5.32 Å². The summed E-state index contributed by atoms with van der Waals surface area (Å²) in [5.74, 6) is 0.700. The fourth-order valence-electron chi connectivity index (χ4n) is 2.45. The lowest BCUT2D eigenvalue weighted by Crippen LogP contribution is -2.12. The Morgan fingerprint density at radius 3 is 2.85 bits per heavy atom. The van der Waals surface area contributed by atoms with Gasteiger partial charge in [0.15, 0.2) is 5.22 Å². The molecule has 2 aromatic rings. The second-order valence-electron chi connectivity index (χ2n) is 4.94. The van der Waals surface area contributed by atoms with Crippen LogP contribution in [0.15, 0.2) is 34.7 Å². The van der Waals surface area contributed by atoms with Crippen molar-refractivity contribution in [3.63, 3.8) is 0 Å². The summed E-state index contributed by atoms with van der Waals surface area (Å²) in [7, 11) is 0. The lowest BCUT2D eigenvalue weighted by molar-refractivity contribution is -0.116. The van der Waals surface area contributed by atoms with Crippen molar-refractivity contribution in [2.45, 2.75) is 25.3 Å². The zero-order chi connectivity index (χ0) is 14.1. The van der Waals surface area contributed by atoms with E-state index < -0.39 is 0 Å². The molecule has 0 radical (unpaired) electrons. The minimum Gasteiger partial charge on any atom is -0.448 e. The molecule has 1 unspecified atom stereocenters. The quantitative estimate of drug-likeness (QED) is 0.892. The predicted octanol–water partition coefficient (Wildman–Crippen LogP) is 3.26. The summed E-state index contributed by atoms with van der Waals surface area (Å²) in [6, 6.07) is 8.94. The van der Waals surface area contributed by atoms with Crippen LogP contribution in [0, 0.1) is 0 Å². The topological polar surface area (TPSA) is 68.3 Å². The van der Waals surface area contributed by atoms with Crippen LogP contribution in [0.1, 0.15) is 35.8 Å². The molecule has 1 aliphatic heterocycles. The molecule has 0 saturated carbocycles. The highest BCUT2D eigenvalue weighted by Gasteiger charge is 2.17. The summed E-state index contributed by atoms with van der Waals surface area (Å²) in [5.41, 5.74) is 9.13. The molecule has 3 rings (SSSR count). The van der Waals surface area contributed by atoms with Crippen molar-refractivity contribution in [1.29, 1.82) is 0 Å². The lowest BCUT2D eigenvalue weighted by atomic mass is 9.99. The zero-order valence-electron chi connectivity index (χ0n) is 10.9. The molecule has 1 atom stereocenters. The van der Waals surface area contributed by atoms with E-state index in [-0.39, 0.29) is 11.9 Å². The molecule has 4 nitrogen and oxygen atoms in total. The van der Waals surface area contributed by atoms with Crippen molar-refractivity contribution in [2.24, 2.45) is 5.73 Å². The second-order valence-corrected chi connectivity index (χ2v) is 5.31. The molecular formula is C15H15ClN2O2. The van der Waals surface area contributed by atoms with Crippen LogP contribution in [-0.4, -0.2) is 5.91 Å². The molecule has 1 aliphatic rings. The number of aryl methyl sites for hydroxylation is 1. The maximum Gasteiger partial charge on any atom is 0.224 e. The van der Waals surface area contributed by atoms with Gasteiger partial charge in [-0.05, 0) is 53.8 Å².